The molecule has 3 aliphatic rings. The molecule has 1 aromatic heterocycles. The lowest BCUT2D eigenvalue weighted by Crippen LogP contribution is -2.52. The largest absolute Gasteiger partial charge is 0.291 e. The van der Waals surface area contributed by atoms with Crippen molar-refractivity contribution in [2.45, 2.75) is 19.3 Å². The molecular formula is C22H19N3O6S. The number of thiophene rings is 1. The van der Waals surface area contributed by atoms with Gasteiger partial charge in [0.25, 0.3) is 23.4 Å². The van der Waals surface area contributed by atoms with E-state index in [1.165, 1.54) is 35.6 Å². The van der Waals surface area contributed by atoms with E-state index in [-0.39, 0.29) is 23.1 Å². The van der Waals surface area contributed by atoms with Crippen LogP contribution in [0.25, 0.3) is 0 Å². The van der Waals surface area contributed by atoms with Gasteiger partial charge in [0.05, 0.1) is 21.6 Å². The molecular weight excluding hydrogens is 434 g/mol. The Labute approximate surface area is 186 Å². The van der Waals surface area contributed by atoms with Crippen molar-refractivity contribution in [3.8, 4) is 0 Å². The summed E-state index contributed by atoms with van der Waals surface area (Å²) in [5.74, 6) is -2.58. The Bertz CT molecular complexity index is 1100. The highest BCUT2D eigenvalue weighted by molar-refractivity contribution is 7.12. The summed E-state index contributed by atoms with van der Waals surface area (Å²) in [5.41, 5.74) is -0.141. The number of ketones is 1. The quantitative estimate of drug-likeness (QED) is 0.287. The number of carbonyl (C=O) groups excluding carboxylic acids is 4. The van der Waals surface area contributed by atoms with Gasteiger partial charge in [0.1, 0.15) is 6.54 Å². The minimum absolute atomic E-state index is 0.0511. The summed E-state index contributed by atoms with van der Waals surface area (Å²) < 4.78 is 0. The number of Topliss-reactive ketones (excluding diaryl/α,β-unsaturated/α-hetero) is 1. The third-order valence-electron chi connectivity index (χ3n) is 6.79. The van der Waals surface area contributed by atoms with Crippen LogP contribution in [0.4, 0.5) is 5.69 Å². The van der Waals surface area contributed by atoms with Crippen LogP contribution in [0.15, 0.2) is 41.8 Å². The van der Waals surface area contributed by atoms with Crippen LogP contribution < -0.4 is 0 Å². The second-order valence-electron chi connectivity index (χ2n) is 8.44. The third kappa shape index (κ3) is 3.13. The van der Waals surface area contributed by atoms with Crippen LogP contribution in [-0.2, 0) is 9.59 Å². The van der Waals surface area contributed by atoms with E-state index in [0.29, 0.717) is 4.88 Å². The minimum atomic E-state index is -0.723. The topological polar surface area (TPSA) is 118 Å². The van der Waals surface area contributed by atoms with E-state index in [2.05, 4.69) is 0 Å². The number of benzene rings is 1. The first-order valence-electron chi connectivity index (χ1n) is 10.4. The summed E-state index contributed by atoms with van der Waals surface area (Å²) in [4.78, 5) is 63.5. The monoisotopic (exact) mass is 453 g/mol. The first kappa shape index (κ1) is 20.5. The molecule has 3 fully saturated rings. The first-order valence-corrected chi connectivity index (χ1v) is 11.3. The highest BCUT2D eigenvalue weighted by Gasteiger charge is 2.62. The molecule has 32 heavy (non-hydrogen) atoms. The molecule has 1 aliphatic heterocycles. The van der Waals surface area contributed by atoms with E-state index in [9.17, 15) is 29.3 Å². The molecule has 1 aromatic carbocycles. The molecule has 164 valence electrons. The Morgan fingerprint density at radius 1 is 1.06 bits per heavy atom. The number of hydrogen-bond acceptors (Lipinski definition) is 7. The highest BCUT2D eigenvalue weighted by Crippen LogP contribution is 2.56. The normalized spacial score (nSPS) is 25.8. The number of amides is 3. The van der Waals surface area contributed by atoms with Crippen molar-refractivity contribution in [1.29, 1.82) is 0 Å². The standard InChI is InChI=1S/C22H19N3O6S/c26-16(17-2-1-9-32-17)11-23(20(27)12-5-7-15(8-6-12)25(30)31)24-21(28)18-13-3-4-14(10-13)19(18)22(24)29/h1-2,5-9,13-14,18-19H,3-4,10-11H2/t13-,14-,18-,19+/m0/s1. The van der Waals surface area contributed by atoms with Crippen LogP contribution in [0.1, 0.15) is 39.3 Å². The molecule has 2 saturated carbocycles. The molecule has 2 bridgehead atoms. The lowest BCUT2D eigenvalue weighted by molar-refractivity contribution is -0.384. The van der Waals surface area contributed by atoms with Crippen molar-refractivity contribution in [3.63, 3.8) is 0 Å². The number of non-ortho nitro benzene ring substituents is 1. The lowest BCUT2D eigenvalue weighted by Gasteiger charge is -2.30. The fourth-order valence-electron chi connectivity index (χ4n) is 5.39. The molecule has 2 aromatic rings. The van der Waals surface area contributed by atoms with Crippen molar-refractivity contribution < 1.29 is 24.1 Å². The number of fused-ring (bicyclic) bond motifs is 5. The van der Waals surface area contributed by atoms with Gasteiger partial charge in [-0.1, -0.05) is 6.07 Å². The fourth-order valence-corrected chi connectivity index (χ4v) is 6.05. The maximum absolute atomic E-state index is 13.4. The average molecular weight is 453 g/mol. The number of hydrazine groups is 1. The van der Waals surface area contributed by atoms with Gasteiger partial charge in [-0.25, -0.2) is 5.01 Å². The third-order valence-corrected chi connectivity index (χ3v) is 7.71. The second-order valence-corrected chi connectivity index (χ2v) is 9.39. The van der Waals surface area contributed by atoms with Gasteiger partial charge in [-0.15, -0.1) is 11.3 Å². The van der Waals surface area contributed by atoms with E-state index in [0.717, 1.165) is 29.3 Å². The molecule has 2 heterocycles. The lowest BCUT2D eigenvalue weighted by atomic mass is 9.81. The SMILES string of the molecule is O=C(CN(C(=O)c1ccc([N+](=O)[O-])cc1)N1C(=O)[C@@H]2[C@H]3CC[C@@H](C3)[C@@H]2C1=O)c1cccs1. The van der Waals surface area contributed by atoms with Crippen molar-refractivity contribution in [2.24, 2.45) is 23.7 Å². The second kappa shape index (κ2) is 7.63. The predicted octanol–water partition coefficient (Wildman–Crippen LogP) is 2.93. The molecule has 0 spiro atoms. The molecule has 0 N–H and O–H groups in total. The van der Waals surface area contributed by atoms with Gasteiger partial charge >= 0.3 is 0 Å². The van der Waals surface area contributed by atoms with E-state index in [1.807, 2.05) is 0 Å². The Balaban J connectivity index is 1.49. The van der Waals surface area contributed by atoms with Crippen LogP contribution in [0.3, 0.4) is 0 Å². The van der Waals surface area contributed by atoms with E-state index >= 15 is 0 Å². The molecule has 9 nitrogen and oxygen atoms in total. The maximum Gasteiger partial charge on any atom is 0.273 e. The zero-order chi connectivity index (χ0) is 22.6. The summed E-state index contributed by atoms with van der Waals surface area (Å²) in [7, 11) is 0. The van der Waals surface area contributed by atoms with Crippen molar-refractivity contribution in [1.82, 2.24) is 10.0 Å². The average Bonchev–Trinajstić information content (AvgIpc) is 3.57. The molecule has 10 heteroatoms. The van der Waals surface area contributed by atoms with Gasteiger partial charge in [0.2, 0.25) is 0 Å². The van der Waals surface area contributed by atoms with Gasteiger partial charge in [-0.2, -0.15) is 5.01 Å². The highest BCUT2D eigenvalue weighted by atomic mass is 32.1. The molecule has 2 aliphatic carbocycles. The van der Waals surface area contributed by atoms with Crippen LogP contribution in [0.2, 0.25) is 0 Å². The van der Waals surface area contributed by atoms with Crippen molar-refractivity contribution in [2.75, 3.05) is 6.54 Å². The number of carbonyl (C=O) groups is 4. The Morgan fingerprint density at radius 2 is 1.69 bits per heavy atom. The summed E-state index contributed by atoms with van der Waals surface area (Å²) in [6, 6.07) is 8.19. The summed E-state index contributed by atoms with van der Waals surface area (Å²) in [5, 5.41) is 14.5. The van der Waals surface area contributed by atoms with Crippen LogP contribution >= 0.6 is 11.3 Å². The van der Waals surface area contributed by atoms with Crippen LogP contribution in [0.5, 0.6) is 0 Å². The van der Waals surface area contributed by atoms with Gasteiger partial charge < -0.3 is 0 Å². The van der Waals surface area contributed by atoms with E-state index < -0.39 is 46.8 Å². The van der Waals surface area contributed by atoms with Crippen molar-refractivity contribution >= 4 is 40.5 Å². The molecule has 1 saturated heterocycles. The summed E-state index contributed by atoms with van der Waals surface area (Å²) in [6.07, 6.45) is 2.64. The number of hydrogen-bond donors (Lipinski definition) is 0. The fraction of sp³-hybridized carbons (Fsp3) is 0.364. The van der Waals surface area contributed by atoms with E-state index in [4.69, 9.17) is 0 Å². The predicted molar refractivity (Wildman–Crippen MR) is 112 cm³/mol. The molecule has 3 amide bonds. The molecule has 4 atom stereocenters. The Morgan fingerprint density at radius 3 is 2.22 bits per heavy atom. The van der Waals surface area contributed by atoms with Crippen molar-refractivity contribution in [3.05, 3.63) is 62.3 Å². The molecule has 0 unspecified atom stereocenters. The zero-order valence-electron chi connectivity index (χ0n) is 16.9. The van der Waals surface area contributed by atoms with Gasteiger partial charge in [0, 0.05) is 17.7 Å². The van der Waals surface area contributed by atoms with Gasteiger partial charge in [-0.05, 0) is 54.7 Å². The summed E-state index contributed by atoms with van der Waals surface area (Å²) in [6.45, 7) is -0.470. The number of nitro benzene ring substituents is 1. The number of imide groups is 1. The Hall–Kier alpha value is -3.40. The summed E-state index contributed by atoms with van der Waals surface area (Å²) >= 11 is 1.21. The maximum atomic E-state index is 13.4. The Kier molecular flexibility index (Phi) is 4.89. The van der Waals surface area contributed by atoms with Gasteiger partial charge in [-0.3, -0.25) is 29.3 Å². The number of rotatable bonds is 6. The minimum Gasteiger partial charge on any atom is -0.291 e. The smallest absolute Gasteiger partial charge is 0.273 e. The van der Waals surface area contributed by atoms with Crippen LogP contribution in [-0.4, -0.2) is 45.0 Å². The van der Waals surface area contributed by atoms with Crippen LogP contribution in [0, 0.1) is 33.8 Å². The number of nitrogens with zero attached hydrogens (tertiary/aromatic N) is 3. The van der Waals surface area contributed by atoms with E-state index in [1.54, 1.807) is 17.5 Å². The van der Waals surface area contributed by atoms with Gasteiger partial charge in [0.15, 0.2) is 5.78 Å². The number of nitro groups is 1. The first-order chi connectivity index (χ1) is 15.4. The molecule has 5 rings (SSSR count). The zero-order valence-corrected chi connectivity index (χ0v) is 17.7. The molecule has 0 radical (unpaired) electrons.